The van der Waals surface area contributed by atoms with Gasteiger partial charge in [0.25, 0.3) is 5.91 Å². The fourth-order valence-electron chi connectivity index (χ4n) is 2.57. The van der Waals surface area contributed by atoms with Crippen molar-refractivity contribution in [2.24, 2.45) is 0 Å². The lowest BCUT2D eigenvalue weighted by Crippen LogP contribution is -2.40. The van der Waals surface area contributed by atoms with E-state index in [0.717, 1.165) is 17.8 Å². The summed E-state index contributed by atoms with van der Waals surface area (Å²) in [4.78, 5) is 14.1. The van der Waals surface area contributed by atoms with E-state index in [0.29, 0.717) is 6.92 Å². The van der Waals surface area contributed by atoms with Crippen molar-refractivity contribution in [2.75, 3.05) is 11.5 Å². The van der Waals surface area contributed by atoms with Crippen LogP contribution in [0.15, 0.2) is 54.6 Å². The van der Waals surface area contributed by atoms with E-state index < -0.39 is 11.8 Å². The molecule has 0 aliphatic carbocycles. The summed E-state index contributed by atoms with van der Waals surface area (Å²) in [5.41, 5.74) is -2.53. The Hall–Kier alpha value is -2.54. The maximum Gasteiger partial charge on any atom is 0.421 e. The van der Waals surface area contributed by atoms with Gasteiger partial charge in [0, 0.05) is 11.7 Å². The van der Waals surface area contributed by atoms with Gasteiger partial charge in [0.05, 0.1) is 0 Å². The first-order valence-electron chi connectivity index (χ1n) is 8.43. The van der Waals surface area contributed by atoms with E-state index in [1.807, 2.05) is 44.2 Å². The average molecular weight is 381 g/mol. The zero-order valence-corrected chi connectivity index (χ0v) is 15.3. The van der Waals surface area contributed by atoms with Crippen LogP contribution in [0.2, 0.25) is 0 Å². The number of carbonyl (C=O) groups excluding carboxylic acids is 1. The van der Waals surface area contributed by atoms with Crippen LogP contribution >= 0.6 is 0 Å². The number of hydrogen-bond acceptors (Lipinski definition) is 3. The highest BCUT2D eigenvalue weighted by atomic mass is 19.4. The van der Waals surface area contributed by atoms with Crippen LogP contribution in [-0.2, 0) is 10.4 Å². The zero-order valence-electron chi connectivity index (χ0n) is 15.3. The van der Waals surface area contributed by atoms with E-state index in [-0.39, 0.29) is 29.9 Å². The van der Waals surface area contributed by atoms with Gasteiger partial charge in [-0.05, 0) is 50.6 Å². The Morgan fingerprint density at radius 1 is 1.07 bits per heavy atom. The first-order valence-corrected chi connectivity index (χ1v) is 8.43. The fourth-order valence-corrected chi connectivity index (χ4v) is 2.57. The number of hydrogen-bond donors (Lipinski definition) is 1. The van der Waals surface area contributed by atoms with E-state index in [1.54, 1.807) is 4.90 Å². The summed E-state index contributed by atoms with van der Waals surface area (Å²) in [6.45, 7) is 4.17. The van der Waals surface area contributed by atoms with Crippen LogP contribution < -0.4 is 9.64 Å². The van der Waals surface area contributed by atoms with Crippen molar-refractivity contribution >= 4 is 11.6 Å². The van der Waals surface area contributed by atoms with Crippen molar-refractivity contribution in [2.45, 2.75) is 38.6 Å². The van der Waals surface area contributed by atoms with Gasteiger partial charge in [0.2, 0.25) is 0 Å². The van der Waals surface area contributed by atoms with E-state index in [9.17, 15) is 23.1 Å². The predicted octanol–water partition coefficient (Wildman–Crippen LogP) is 4.28. The summed E-state index contributed by atoms with van der Waals surface area (Å²) >= 11 is 0. The predicted molar refractivity (Wildman–Crippen MR) is 96.6 cm³/mol. The molecular formula is C20H22F3NO3. The normalized spacial score (nSPS) is 13.9. The molecule has 0 spiro atoms. The minimum absolute atomic E-state index is 0.0900. The molecule has 1 N–H and O–H groups in total. The van der Waals surface area contributed by atoms with Gasteiger partial charge in [-0.3, -0.25) is 4.79 Å². The van der Waals surface area contributed by atoms with E-state index >= 15 is 0 Å². The third-order valence-electron chi connectivity index (χ3n) is 4.15. The number of carbonyl (C=O) groups is 1. The van der Waals surface area contributed by atoms with Crippen molar-refractivity contribution in [3.05, 3.63) is 60.2 Å². The molecule has 0 radical (unpaired) electrons. The molecule has 146 valence electrons. The van der Waals surface area contributed by atoms with Gasteiger partial charge >= 0.3 is 6.18 Å². The van der Waals surface area contributed by atoms with Crippen molar-refractivity contribution in [3.63, 3.8) is 0 Å². The summed E-state index contributed by atoms with van der Waals surface area (Å²) in [5.74, 6) is -0.0376. The summed E-state index contributed by atoms with van der Waals surface area (Å²) in [7, 11) is 0. The monoisotopic (exact) mass is 381 g/mol. The molecule has 0 saturated heterocycles. The highest BCUT2D eigenvalue weighted by Crippen LogP contribution is 2.38. The maximum absolute atomic E-state index is 12.9. The second-order valence-corrected chi connectivity index (χ2v) is 6.58. The molecule has 1 atom stereocenters. The lowest BCUT2D eigenvalue weighted by Gasteiger charge is -2.27. The molecule has 4 nitrogen and oxygen atoms in total. The number of nitrogens with zero attached hydrogens (tertiary/aromatic N) is 1. The molecule has 27 heavy (non-hydrogen) atoms. The van der Waals surface area contributed by atoms with Crippen LogP contribution in [0.5, 0.6) is 5.75 Å². The SMILES string of the molecule is CC(C)N(C(=O)COc1ccc(C(C)(O)C(F)(F)F)cc1)c1ccccc1. The van der Waals surface area contributed by atoms with Crippen molar-refractivity contribution < 1.29 is 27.8 Å². The molecule has 0 aromatic heterocycles. The van der Waals surface area contributed by atoms with Gasteiger partial charge in [0.15, 0.2) is 12.2 Å². The van der Waals surface area contributed by atoms with Crippen molar-refractivity contribution in [1.82, 2.24) is 0 Å². The minimum atomic E-state index is -4.79. The highest BCUT2D eigenvalue weighted by Gasteiger charge is 2.51. The molecule has 2 rings (SSSR count). The third kappa shape index (κ3) is 4.80. The van der Waals surface area contributed by atoms with Crippen LogP contribution in [0.1, 0.15) is 26.3 Å². The number of anilines is 1. The first kappa shape index (κ1) is 20.8. The molecule has 0 fully saturated rings. The quantitative estimate of drug-likeness (QED) is 0.813. The fraction of sp³-hybridized carbons (Fsp3) is 0.350. The Morgan fingerprint density at radius 3 is 2.11 bits per heavy atom. The molecule has 7 heteroatoms. The molecule has 0 aliphatic heterocycles. The number of amides is 1. The van der Waals surface area contributed by atoms with Crippen molar-refractivity contribution in [1.29, 1.82) is 0 Å². The Morgan fingerprint density at radius 2 is 1.63 bits per heavy atom. The summed E-state index contributed by atoms with van der Waals surface area (Å²) < 4.78 is 44.0. The van der Waals surface area contributed by atoms with Gasteiger partial charge in [-0.1, -0.05) is 30.3 Å². The van der Waals surface area contributed by atoms with E-state index in [2.05, 4.69) is 0 Å². The molecule has 2 aromatic rings. The number of para-hydroxylation sites is 1. The first-order chi connectivity index (χ1) is 12.5. The van der Waals surface area contributed by atoms with Crippen LogP contribution in [0, 0.1) is 0 Å². The molecule has 2 aromatic carbocycles. The summed E-state index contributed by atoms with van der Waals surface area (Å²) in [6.07, 6.45) is -4.79. The summed E-state index contributed by atoms with van der Waals surface area (Å²) in [6, 6.07) is 13.9. The number of alkyl halides is 3. The molecule has 0 aliphatic rings. The van der Waals surface area contributed by atoms with Crippen molar-refractivity contribution in [3.8, 4) is 5.75 Å². The lowest BCUT2D eigenvalue weighted by molar-refractivity contribution is -0.258. The second-order valence-electron chi connectivity index (χ2n) is 6.58. The number of ether oxygens (including phenoxy) is 1. The molecular weight excluding hydrogens is 359 g/mol. The lowest BCUT2D eigenvalue weighted by atomic mass is 9.95. The van der Waals surface area contributed by atoms with Crippen LogP contribution in [0.25, 0.3) is 0 Å². The number of aliphatic hydroxyl groups is 1. The molecule has 0 saturated carbocycles. The number of benzene rings is 2. The molecule has 0 bridgehead atoms. The Kier molecular flexibility index (Phi) is 6.15. The van der Waals surface area contributed by atoms with Crippen LogP contribution in [0.4, 0.5) is 18.9 Å². The van der Waals surface area contributed by atoms with Gasteiger partial charge in [-0.15, -0.1) is 0 Å². The van der Waals surface area contributed by atoms with Crippen LogP contribution in [0.3, 0.4) is 0 Å². The third-order valence-corrected chi connectivity index (χ3v) is 4.15. The smallest absolute Gasteiger partial charge is 0.421 e. The van der Waals surface area contributed by atoms with Gasteiger partial charge in [-0.2, -0.15) is 13.2 Å². The minimum Gasteiger partial charge on any atom is -0.484 e. The molecule has 0 heterocycles. The standard InChI is InChI=1S/C20H22F3NO3/c1-14(2)24(16-7-5-4-6-8-16)18(25)13-27-17-11-9-15(10-12-17)19(3,26)20(21,22)23/h4-12,14,26H,13H2,1-3H3. The average Bonchev–Trinajstić information content (AvgIpc) is 2.60. The number of rotatable bonds is 6. The molecule has 1 amide bonds. The maximum atomic E-state index is 12.9. The van der Waals surface area contributed by atoms with E-state index in [4.69, 9.17) is 4.74 Å². The summed E-state index contributed by atoms with van der Waals surface area (Å²) in [5, 5.41) is 9.66. The van der Waals surface area contributed by atoms with Crippen LogP contribution in [-0.4, -0.2) is 29.8 Å². The second kappa shape index (κ2) is 8.00. The highest BCUT2D eigenvalue weighted by molar-refractivity contribution is 5.94. The Balaban J connectivity index is 2.07. The van der Waals surface area contributed by atoms with Gasteiger partial charge < -0.3 is 14.7 Å². The van der Waals surface area contributed by atoms with Gasteiger partial charge in [0.1, 0.15) is 5.75 Å². The topological polar surface area (TPSA) is 49.8 Å². The largest absolute Gasteiger partial charge is 0.484 e. The van der Waals surface area contributed by atoms with Gasteiger partial charge in [-0.25, -0.2) is 0 Å². The molecule has 1 unspecified atom stereocenters. The Bertz CT molecular complexity index is 756. The number of halogens is 3. The zero-order chi connectivity index (χ0) is 20.2. The van der Waals surface area contributed by atoms with E-state index in [1.165, 1.54) is 12.1 Å². The Labute approximate surface area is 156 Å².